The maximum Gasteiger partial charge on any atom is 0.276 e. The lowest BCUT2D eigenvalue weighted by Gasteiger charge is -2.32. The van der Waals surface area contributed by atoms with Crippen molar-refractivity contribution in [2.75, 3.05) is 26.2 Å². The molecule has 27 heavy (non-hydrogen) atoms. The first-order chi connectivity index (χ1) is 13.2. The number of likely N-dealkylation sites (tertiary alicyclic amines) is 2. The Bertz CT molecular complexity index is 782. The number of hydrogen-bond donors (Lipinski definition) is 0. The highest BCUT2D eigenvalue weighted by Gasteiger charge is 2.25. The molecule has 1 amide bonds. The van der Waals surface area contributed by atoms with Gasteiger partial charge in [0.25, 0.3) is 5.91 Å². The third-order valence-electron chi connectivity index (χ3n) is 5.56. The van der Waals surface area contributed by atoms with Crippen LogP contribution in [0, 0.1) is 6.92 Å². The van der Waals surface area contributed by atoms with Crippen molar-refractivity contribution < 1.29 is 4.79 Å². The Morgan fingerprint density at radius 1 is 1.15 bits per heavy atom. The highest BCUT2D eigenvalue weighted by atomic mass is 16.2. The second-order valence-corrected chi connectivity index (χ2v) is 7.74. The Morgan fingerprint density at radius 3 is 2.81 bits per heavy atom. The third kappa shape index (κ3) is 4.35. The van der Waals surface area contributed by atoms with Gasteiger partial charge in [-0.2, -0.15) is 0 Å². The van der Waals surface area contributed by atoms with E-state index in [1.165, 1.54) is 6.42 Å². The number of amides is 1. The first-order valence-electron chi connectivity index (χ1n) is 10.0. The molecule has 2 fully saturated rings. The molecule has 2 saturated heterocycles. The molecule has 0 aliphatic carbocycles. The summed E-state index contributed by atoms with van der Waals surface area (Å²) in [5.41, 5.74) is 2.64. The number of rotatable bonds is 4. The predicted molar refractivity (Wildman–Crippen MR) is 102 cm³/mol. The van der Waals surface area contributed by atoms with E-state index in [1.54, 1.807) is 0 Å². The average molecular weight is 368 g/mol. The summed E-state index contributed by atoms with van der Waals surface area (Å²) in [5, 5.41) is 8.47. The van der Waals surface area contributed by atoms with Crippen molar-refractivity contribution in [2.24, 2.45) is 0 Å². The first kappa shape index (κ1) is 18.1. The molecule has 7 heteroatoms. The minimum absolute atomic E-state index is 0.0255. The SMILES string of the molecule is Cc1cccc(CN2CCCC(n3cc(C(=O)N4CCCCC4)nn3)C2)n1. The van der Waals surface area contributed by atoms with Gasteiger partial charge >= 0.3 is 0 Å². The van der Waals surface area contributed by atoms with E-state index in [0.29, 0.717) is 5.69 Å². The van der Waals surface area contributed by atoms with Crippen molar-refractivity contribution in [1.29, 1.82) is 0 Å². The van der Waals surface area contributed by atoms with Gasteiger partial charge in [0.15, 0.2) is 5.69 Å². The van der Waals surface area contributed by atoms with Crippen molar-refractivity contribution in [1.82, 2.24) is 29.8 Å². The van der Waals surface area contributed by atoms with Crippen LogP contribution in [0.15, 0.2) is 24.4 Å². The van der Waals surface area contributed by atoms with E-state index in [-0.39, 0.29) is 11.9 Å². The molecule has 4 rings (SSSR count). The van der Waals surface area contributed by atoms with Crippen LogP contribution in [0.2, 0.25) is 0 Å². The zero-order valence-corrected chi connectivity index (χ0v) is 16.0. The van der Waals surface area contributed by atoms with E-state index in [0.717, 1.165) is 69.8 Å². The summed E-state index contributed by atoms with van der Waals surface area (Å²) in [4.78, 5) is 21.6. The number of nitrogens with zero attached hydrogens (tertiary/aromatic N) is 6. The minimum Gasteiger partial charge on any atom is -0.337 e. The Morgan fingerprint density at radius 2 is 2.00 bits per heavy atom. The lowest BCUT2D eigenvalue weighted by atomic mass is 10.1. The molecule has 0 aromatic carbocycles. The summed E-state index contributed by atoms with van der Waals surface area (Å²) in [6, 6.07) is 6.44. The Hall–Kier alpha value is -2.28. The van der Waals surface area contributed by atoms with Crippen LogP contribution in [0.25, 0.3) is 0 Å². The second-order valence-electron chi connectivity index (χ2n) is 7.74. The highest BCUT2D eigenvalue weighted by Crippen LogP contribution is 2.22. The molecule has 2 aromatic heterocycles. The smallest absolute Gasteiger partial charge is 0.276 e. The van der Waals surface area contributed by atoms with E-state index < -0.39 is 0 Å². The molecule has 0 N–H and O–H groups in total. The normalized spacial score (nSPS) is 21.4. The Labute approximate surface area is 160 Å². The zero-order valence-electron chi connectivity index (χ0n) is 16.0. The summed E-state index contributed by atoms with van der Waals surface area (Å²) >= 11 is 0. The minimum atomic E-state index is 0.0255. The van der Waals surface area contributed by atoms with Crippen molar-refractivity contribution >= 4 is 5.91 Å². The average Bonchev–Trinajstić information content (AvgIpc) is 3.19. The Balaban J connectivity index is 1.39. The van der Waals surface area contributed by atoms with Crippen LogP contribution < -0.4 is 0 Å². The number of carbonyl (C=O) groups excluding carboxylic acids is 1. The van der Waals surface area contributed by atoms with Crippen LogP contribution >= 0.6 is 0 Å². The molecule has 1 unspecified atom stereocenters. The number of hydrogen-bond acceptors (Lipinski definition) is 5. The first-order valence-corrected chi connectivity index (χ1v) is 10.0. The Kier molecular flexibility index (Phi) is 5.48. The molecule has 2 aromatic rings. The number of pyridine rings is 1. The highest BCUT2D eigenvalue weighted by molar-refractivity contribution is 5.91. The van der Waals surface area contributed by atoms with E-state index in [9.17, 15) is 4.79 Å². The fourth-order valence-electron chi connectivity index (χ4n) is 4.12. The number of aromatic nitrogens is 4. The maximum absolute atomic E-state index is 12.6. The molecule has 144 valence electrons. The van der Waals surface area contributed by atoms with Crippen LogP contribution in [0.1, 0.15) is 60.0 Å². The molecule has 1 atom stereocenters. The van der Waals surface area contributed by atoms with Crippen LogP contribution in [0.5, 0.6) is 0 Å². The van der Waals surface area contributed by atoms with Gasteiger partial charge in [-0.05, 0) is 57.7 Å². The van der Waals surface area contributed by atoms with Crippen LogP contribution in [0.3, 0.4) is 0 Å². The molecule has 4 heterocycles. The largest absolute Gasteiger partial charge is 0.337 e. The van der Waals surface area contributed by atoms with E-state index in [1.807, 2.05) is 28.8 Å². The summed E-state index contributed by atoms with van der Waals surface area (Å²) in [6.45, 7) is 6.54. The third-order valence-corrected chi connectivity index (χ3v) is 5.56. The van der Waals surface area contributed by atoms with Gasteiger partial charge in [0.05, 0.1) is 17.9 Å². The van der Waals surface area contributed by atoms with Gasteiger partial charge in [-0.1, -0.05) is 11.3 Å². The molecule has 0 bridgehead atoms. The quantitative estimate of drug-likeness (QED) is 0.829. The molecular formula is C20H28N6O. The van der Waals surface area contributed by atoms with Crippen molar-refractivity contribution in [3.05, 3.63) is 41.5 Å². The fraction of sp³-hybridized carbons (Fsp3) is 0.600. The van der Waals surface area contributed by atoms with Gasteiger partial charge in [-0.15, -0.1) is 5.10 Å². The zero-order chi connectivity index (χ0) is 18.6. The van der Waals surface area contributed by atoms with E-state index >= 15 is 0 Å². The molecule has 0 spiro atoms. The number of piperidine rings is 2. The topological polar surface area (TPSA) is 67.2 Å². The molecule has 2 aliphatic heterocycles. The summed E-state index contributed by atoms with van der Waals surface area (Å²) in [6.07, 6.45) is 7.42. The lowest BCUT2D eigenvalue weighted by molar-refractivity contribution is 0.0718. The van der Waals surface area contributed by atoms with Gasteiger partial charge in [-0.3, -0.25) is 14.7 Å². The lowest BCUT2D eigenvalue weighted by Crippen LogP contribution is -2.37. The summed E-state index contributed by atoms with van der Waals surface area (Å²) in [5.74, 6) is 0.0255. The fourth-order valence-corrected chi connectivity index (χ4v) is 4.12. The molecule has 0 saturated carbocycles. The van der Waals surface area contributed by atoms with Gasteiger partial charge in [0.2, 0.25) is 0 Å². The van der Waals surface area contributed by atoms with E-state index in [4.69, 9.17) is 0 Å². The number of aryl methyl sites for hydroxylation is 1. The summed E-state index contributed by atoms with van der Waals surface area (Å²) in [7, 11) is 0. The van der Waals surface area contributed by atoms with Gasteiger partial charge in [0.1, 0.15) is 0 Å². The van der Waals surface area contributed by atoms with Crippen LogP contribution in [0.4, 0.5) is 0 Å². The number of carbonyl (C=O) groups is 1. The van der Waals surface area contributed by atoms with Gasteiger partial charge in [-0.25, -0.2) is 4.68 Å². The standard InChI is InChI=1S/C20H28N6O/c1-16-7-5-8-17(21-16)13-24-10-6-9-18(14-24)26-15-19(22-23-26)20(27)25-11-3-2-4-12-25/h5,7-8,15,18H,2-4,6,9-14H2,1H3. The second kappa shape index (κ2) is 8.17. The molecule has 0 radical (unpaired) electrons. The van der Waals surface area contributed by atoms with Crippen molar-refractivity contribution in [3.63, 3.8) is 0 Å². The molecular weight excluding hydrogens is 340 g/mol. The maximum atomic E-state index is 12.6. The van der Waals surface area contributed by atoms with Crippen molar-refractivity contribution in [2.45, 2.75) is 51.6 Å². The van der Waals surface area contributed by atoms with Crippen LogP contribution in [-0.4, -0.2) is 61.9 Å². The molecule has 7 nitrogen and oxygen atoms in total. The van der Waals surface area contributed by atoms with E-state index in [2.05, 4.69) is 32.3 Å². The van der Waals surface area contributed by atoms with Crippen molar-refractivity contribution in [3.8, 4) is 0 Å². The van der Waals surface area contributed by atoms with Crippen LogP contribution in [-0.2, 0) is 6.54 Å². The molecule has 2 aliphatic rings. The van der Waals surface area contributed by atoms with Gasteiger partial charge < -0.3 is 4.90 Å². The van der Waals surface area contributed by atoms with Gasteiger partial charge in [0, 0.05) is 31.9 Å². The summed E-state index contributed by atoms with van der Waals surface area (Å²) < 4.78 is 1.90. The predicted octanol–water partition coefficient (Wildman–Crippen LogP) is 2.44. The monoisotopic (exact) mass is 368 g/mol.